The van der Waals surface area contributed by atoms with E-state index in [4.69, 9.17) is 0 Å². The zero-order valence-corrected chi connectivity index (χ0v) is 13.5. The molecule has 0 aliphatic carbocycles. The number of carbonyl (C=O) groups is 1. The van der Waals surface area contributed by atoms with Gasteiger partial charge < -0.3 is 14.4 Å². The Bertz CT molecular complexity index is 1070. The monoisotopic (exact) mass is 381 g/mol. The lowest BCUT2D eigenvalue weighted by Crippen LogP contribution is -2.20. The molecule has 0 bridgehead atoms. The molecule has 0 radical (unpaired) electrons. The maximum Gasteiger partial charge on any atom is 0.573 e. The van der Waals surface area contributed by atoms with Crippen molar-refractivity contribution in [3.8, 4) is 5.75 Å². The number of benzene rings is 2. The molecule has 3 aromatic rings. The second kappa shape index (κ2) is 6.75. The SMILES string of the molecule is O=C(O)c1cn(Cc2ccc(OC(F)(F)F)cc2)c2c(F)cccc2c1=O. The van der Waals surface area contributed by atoms with Crippen molar-refractivity contribution in [1.82, 2.24) is 4.57 Å². The second-order valence-corrected chi connectivity index (χ2v) is 5.63. The van der Waals surface area contributed by atoms with Crippen LogP contribution in [-0.2, 0) is 6.54 Å². The average Bonchev–Trinajstić information content (AvgIpc) is 2.57. The molecule has 27 heavy (non-hydrogen) atoms. The van der Waals surface area contributed by atoms with Crippen LogP contribution < -0.4 is 10.2 Å². The number of carboxylic acid groups (broad SMARTS) is 1. The minimum atomic E-state index is -4.82. The fraction of sp³-hybridized carbons (Fsp3) is 0.111. The van der Waals surface area contributed by atoms with Gasteiger partial charge in [0.25, 0.3) is 0 Å². The largest absolute Gasteiger partial charge is 0.573 e. The molecule has 1 heterocycles. The topological polar surface area (TPSA) is 68.5 Å². The van der Waals surface area contributed by atoms with Gasteiger partial charge in [-0.25, -0.2) is 9.18 Å². The zero-order valence-electron chi connectivity index (χ0n) is 13.5. The molecule has 0 amide bonds. The second-order valence-electron chi connectivity index (χ2n) is 5.63. The van der Waals surface area contributed by atoms with Gasteiger partial charge in [0.2, 0.25) is 5.43 Å². The first-order chi connectivity index (χ1) is 12.7. The summed E-state index contributed by atoms with van der Waals surface area (Å²) in [5.74, 6) is -2.61. The summed E-state index contributed by atoms with van der Waals surface area (Å²) < 4.78 is 55.9. The Morgan fingerprint density at radius 3 is 2.37 bits per heavy atom. The van der Waals surface area contributed by atoms with Gasteiger partial charge >= 0.3 is 12.3 Å². The summed E-state index contributed by atoms with van der Waals surface area (Å²) in [5, 5.41) is 9.09. The van der Waals surface area contributed by atoms with Gasteiger partial charge in [-0.3, -0.25) is 4.79 Å². The van der Waals surface area contributed by atoms with Crippen molar-refractivity contribution in [3.05, 3.63) is 75.8 Å². The first kappa shape index (κ1) is 18.4. The van der Waals surface area contributed by atoms with Gasteiger partial charge in [0.1, 0.15) is 17.1 Å². The molecule has 0 saturated carbocycles. The van der Waals surface area contributed by atoms with E-state index < -0.39 is 34.9 Å². The summed E-state index contributed by atoms with van der Waals surface area (Å²) in [7, 11) is 0. The molecular weight excluding hydrogens is 370 g/mol. The molecule has 0 fully saturated rings. The van der Waals surface area contributed by atoms with Gasteiger partial charge in [0.15, 0.2) is 0 Å². The Labute approximate surface area is 149 Å². The normalized spacial score (nSPS) is 11.6. The van der Waals surface area contributed by atoms with E-state index in [2.05, 4.69) is 4.74 Å². The first-order valence-electron chi connectivity index (χ1n) is 7.55. The number of nitrogens with zero attached hydrogens (tertiary/aromatic N) is 1. The lowest BCUT2D eigenvalue weighted by molar-refractivity contribution is -0.274. The number of aromatic nitrogens is 1. The van der Waals surface area contributed by atoms with Crippen molar-refractivity contribution in [2.45, 2.75) is 12.9 Å². The number of halogens is 4. The van der Waals surface area contributed by atoms with E-state index in [-0.39, 0.29) is 17.4 Å². The molecule has 0 aliphatic rings. The number of hydrogen-bond donors (Lipinski definition) is 1. The summed E-state index contributed by atoms with van der Waals surface area (Å²) in [4.78, 5) is 23.5. The highest BCUT2D eigenvalue weighted by atomic mass is 19.4. The summed E-state index contributed by atoms with van der Waals surface area (Å²) in [6.45, 7) is -0.0652. The van der Waals surface area contributed by atoms with Crippen molar-refractivity contribution in [3.63, 3.8) is 0 Å². The van der Waals surface area contributed by atoms with Crippen LogP contribution in [0.5, 0.6) is 5.75 Å². The fourth-order valence-electron chi connectivity index (χ4n) is 2.68. The van der Waals surface area contributed by atoms with Crippen molar-refractivity contribution < 1.29 is 32.2 Å². The van der Waals surface area contributed by atoms with E-state index in [0.29, 0.717) is 5.56 Å². The van der Waals surface area contributed by atoms with Crippen molar-refractivity contribution in [1.29, 1.82) is 0 Å². The standard InChI is InChI=1S/C18H11F4NO4/c19-14-3-1-2-12-15(14)23(9-13(16(12)24)17(25)26)8-10-4-6-11(7-5-10)27-18(20,21)22/h1-7,9H,8H2,(H,25,26). The fourth-order valence-corrected chi connectivity index (χ4v) is 2.68. The smallest absolute Gasteiger partial charge is 0.477 e. The molecule has 2 aromatic carbocycles. The van der Waals surface area contributed by atoms with E-state index >= 15 is 0 Å². The Morgan fingerprint density at radius 2 is 1.78 bits per heavy atom. The summed E-state index contributed by atoms with van der Waals surface area (Å²) in [6, 6.07) is 8.55. The van der Waals surface area contributed by atoms with Crippen LogP contribution in [0.4, 0.5) is 17.6 Å². The predicted molar refractivity (Wildman–Crippen MR) is 87.4 cm³/mol. The Balaban J connectivity index is 2.05. The molecule has 9 heteroatoms. The molecule has 0 spiro atoms. The van der Waals surface area contributed by atoms with E-state index in [0.717, 1.165) is 24.4 Å². The average molecular weight is 381 g/mol. The number of para-hydroxylation sites is 1. The third-order valence-electron chi connectivity index (χ3n) is 3.79. The maximum absolute atomic E-state index is 14.3. The summed E-state index contributed by atoms with van der Waals surface area (Å²) in [5.41, 5.74) is -0.996. The van der Waals surface area contributed by atoms with E-state index in [1.54, 1.807) is 0 Å². The van der Waals surface area contributed by atoms with Gasteiger partial charge in [-0.05, 0) is 29.8 Å². The Morgan fingerprint density at radius 1 is 1.11 bits per heavy atom. The van der Waals surface area contributed by atoms with E-state index in [1.807, 2.05) is 0 Å². The third-order valence-corrected chi connectivity index (χ3v) is 3.79. The molecule has 0 aliphatic heterocycles. The number of carboxylic acids is 1. The number of pyridine rings is 1. The lowest BCUT2D eigenvalue weighted by atomic mass is 10.1. The quantitative estimate of drug-likeness (QED) is 0.699. The summed E-state index contributed by atoms with van der Waals surface area (Å²) in [6.07, 6.45) is -3.81. The molecule has 0 unspecified atom stereocenters. The van der Waals surface area contributed by atoms with Crippen molar-refractivity contribution >= 4 is 16.9 Å². The van der Waals surface area contributed by atoms with Crippen LogP contribution in [0.25, 0.3) is 10.9 Å². The molecule has 5 nitrogen and oxygen atoms in total. The van der Waals surface area contributed by atoms with E-state index in [9.17, 15) is 32.3 Å². The maximum atomic E-state index is 14.3. The predicted octanol–water partition coefficient (Wildman–Crippen LogP) is 3.79. The molecule has 3 rings (SSSR count). The molecular formula is C18H11F4NO4. The molecule has 1 N–H and O–H groups in total. The molecule has 0 saturated heterocycles. The van der Waals surface area contributed by atoms with Gasteiger partial charge in [0.05, 0.1) is 5.52 Å². The number of fused-ring (bicyclic) bond motifs is 1. The van der Waals surface area contributed by atoms with Gasteiger partial charge in [0, 0.05) is 18.1 Å². The minimum absolute atomic E-state index is 0.0652. The van der Waals surface area contributed by atoms with Crippen LogP contribution in [-0.4, -0.2) is 22.0 Å². The van der Waals surface area contributed by atoms with Crippen LogP contribution in [0.3, 0.4) is 0 Å². The van der Waals surface area contributed by atoms with Crippen LogP contribution in [0.2, 0.25) is 0 Å². The van der Waals surface area contributed by atoms with Gasteiger partial charge in [-0.15, -0.1) is 13.2 Å². The minimum Gasteiger partial charge on any atom is -0.477 e. The van der Waals surface area contributed by atoms with Crippen molar-refractivity contribution in [2.75, 3.05) is 0 Å². The Kier molecular flexibility index (Phi) is 4.61. The number of alkyl halides is 3. The number of hydrogen-bond acceptors (Lipinski definition) is 3. The number of ether oxygens (including phenoxy) is 1. The van der Waals surface area contributed by atoms with E-state index in [1.165, 1.54) is 28.8 Å². The van der Waals surface area contributed by atoms with Crippen molar-refractivity contribution in [2.24, 2.45) is 0 Å². The Hall–Kier alpha value is -3.36. The molecule has 140 valence electrons. The number of rotatable bonds is 4. The third kappa shape index (κ3) is 3.91. The first-order valence-corrected chi connectivity index (χ1v) is 7.55. The highest BCUT2D eigenvalue weighted by Crippen LogP contribution is 2.24. The van der Waals surface area contributed by atoms with Gasteiger partial charge in [-0.1, -0.05) is 18.2 Å². The highest BCUT2D eigenvalue weighted by molar-refractivity contribution is 5.92. The van der Waals surface area contributed by atoms with Crippen LogP contribution in [0, 0.1) is 5.82 Å². The zero-order chi connectivity index (χ0) is 19.8. The lowest BCUT2D eigenvalue weighted by Gasteiger charge is -2.14. The molecule has 1 aromatic heterocycles. The van der Waals surface area contributed by atoms with Crippen LogP contribution in [0.15, 0.2) is 53.5 Å². The highest BCUT2D eigenvalue weighted by Gasteiger charge is 2.31. The molecule has 0 atom stereocenters. The van der Waals surface area contributed by atoms with Crippen LogP contribution >= 0.6 is 0 Å². The van der Waals surface area contributed by atoms with Crippen LogP contribution in [0.1, 0.15) is 15.9 Å². The van der Waals surface area contributed by atoms with Gasteiger partial charge in [-0.2, -0.15) is 0 Å². The number of aromatic carboxylic acids is 1. The summed E-state index contributed by atoms with van der Waals surface area (Å²) >= 11 is 0.